The topological polar surface area (TPSA) is 97.3 Å². The Bertz CT molecular complexity index is 1170. The van der Waals surface area contributed by atoms with Crippen molar-refractivity contribution in [1.29, 1.82) is 0 Å². The number of amides is 3. The van der Waals surface area contributed by atoms with Gasteiger partial charge in [-0.2, -0.15) is 4.57 Å². The van der Waals surface area contributed by atoms with Gasteiger partial charge in [0.15, 0.2) is 5.75 Å². The Hall–Kier alpha value is -3.69. The van der Waals surface area contributed by atoms with Crippen molar-refractivity contribution in [2.45, 2.75) is 26.8 Å². The van der Waals surface area contributed by atoms with E-state index < -0.39 is 18.0 Å². The molecule has 0 aliphatic carbocycles. The molecule has 3 amide bonds. The number of amidine groups is 1. The van der Waals surface area contributed by atoms with E-state index in [1.165, 1.54) is 11.8 Å². The van der Waals surface area contributed by atoms with Crippen LogP contribution in [0.2, 0.25) is 0 Å². The van der Waals surface area contributed by atoms with Crippen LogP contribution in [0.3, 0.4) is 0 Å². The number of hydrogen-bond acceptors (Lipinski definition) is 6. The molecule has 10 nitrogen and oxygen atoms in total. The SMILES string of the molecule is COc1ccc(-n2c(C)c(C)[n+]3c2N=C2C3C(=O)N(CC(C)=O)C(=O)N2C)c(OC)c1. The largest absolute Gasteiger partial charge is 0.497 e. The second-order valence-electron chi connectivity index (χ2n) is 7.55. The fourth-order valence-electron chi connectivity index (χ4n) is 4.06. The minimum Gasteiger partial charge on any atom is -0.497 e. The van der Waals surface area contributed by atoms with Gasteiger partial charge in [0.05, 0.1) is 20.8 Å². The van der Waals surface area contributed by atoms with Crippen LogP contribution >= 0.6 is 0 Å². The Balaban J connectivity index is 1.91. The number of imide groups is 1. The van der Waals surface area contributed by atoms with Crippen molar-refractivity contribution in [2.75, 3.05) is 27.8 Å². The van der Waals surface area contributed by atoms with Crippen LogP contribution in [0.25, 0.3) is 5.69 Å². The molecule has 2 aromatic rings. The van der Waals surface area contributed by atoms with Gasteiger partial charge in [-0.15, -0.1) is 0 Å². The fourth-order valence-corrected chi connectivity index (χ4v) is 4.06. The summed E-state index contributed by atoms with van der Waals surface area (Å²) in [5.74, 6) is 1.30. The predicted molar refractivity (Wildman–Crippen MR) is 110 cm³/mol. The van der Waals surface area contributed by atoms with Gasteiger partial charge >= 0.3 is 12.0 Å². The zero-order valence-corrected chi connectivity index (χ0v) is 18.3. The maximum atomic E-state index is 13.3. The number of fused-ring (bicyclic) bond motifs is 3. The molecule has 0 radical (unpaired) electrons. The first-order valence-electron chi connectivity index (χ1n) is 9.74. The number of Topliss-reactive ketones (excluding diaryl/α,β-unsaturated/α-hetero) is 1. The maximum absolute atomic E-state index is 13.3. The number of urea groups is 1. The Labute approximate surface area is 179 Å². The number of ketones is 1. The molecule has 1 aromatic carbocycles. The summed E-state index contributed by atoms with van der Waals surface area (Å²) in [4.78, 5) is 44.6. The van der Waals surface area contributed by atoms with Gasteiger partial charge in [0, 0.05) is 13.1 Å². The Morgan fingerprint density at radius 3 is 2.52 bits per heavy atom. The van der Waals surface area contributed by atoms with Crippen molar-refractivity contribution in [3.8, 4) is 17.2 Å². The molecule has 0 N–H and O–H groups in total. The van der Waals surface area contributed by atoms with Crippen LogP contribution in [0.15, 0.2) is 23.2 Å². The summed E-state index contributed by atoms with van der Waals surface area (Å²) in [6, 6.07) is 4.05. The first-order valence-corrected chi connectivity index (χ1v) is 9.74. The van der Waals surface area contributed by atoms with E-state index in [4.69, 9.17) is 9.47 Å². The molecular formula is C21H24N5O5+. The van der Waals surface area contributed by atoms with E-state index in [1.54, 1.807) is 31.9 Å². The highest BCUT2D eigenvalue weighted by Gasteiger charge is 2.54. The smallest absolute Gasteiger partial charge is 0.407 e. The number of aromatic nitrogens is 2. The third-order valence-electron chi connectivity index (χ3n) is 5.72. The number of aliphatic imine (C=N–C) groups is 1. The third kappa shape index (κ3) is 2.89. The molecule has 1 aromatic heterocycles. The molecule has 1 fully saturated rings. The van der Waals surface area contributed by atoms with Gasteiger partial charge in [0.1, 0.15) is 28.6 Å². The Kier molecular flexibility index (Phi) is 4.79. The summed E-state index contributed by atoms with van der Waals surface area (Å²) in [6.45, 7) is 4.89. The summed E-state index contributed by atoms with van der Waals surface area (Å²) in [5, 5.41) is 0. The van der Waals surface area contributed by atoms with Crippen molar-refractivity contribution in [2.24, 2.45) is 4.99 Å². The number of methoxy groups -OCH3 is 2. The molecule has 1 atom stereocenters. The summed E-state index contributed by atoms with van der Waals surface area (Å²) >= 11 is 0. The summed E-state index contributed by atoms with van der Waals surface area (Å²) < 4.78 is 14.5. The molecule has 162 valence electrons. The molecule has 0 bridgehead atoms. The number of likely N-dealkylation sites (N-methyl/N-ethyl adjacent to an activating group) is 1. The van der Waals surface area contributed by atoms with Gasteiger partial charge in [-0.3, -0.25) is 19.4 Å². The normalized spacial score (nSPS) is 17.5. The van der Waals surface area contributed by atoms with Crippen LogP contribution in [-0.2, 0) is 9.59 Å². The monoisotopic (exact) mass is 426 g/mol. The number of benzene rings is 1. The molecule has 1 saturated heterocycles. The summed E-state index contributed by atoms with van der Waals surface area (Å²) in [5.41, 5.74) is 2.41. The van der Waals surface area contributed by atoms with Crippen molar-refractivity contribution >= 4 is 29.5 Å². The number of carbonyl (C=O) groups excluding carboxylic acids is 3. The minimum atomic E-state index is -0.818. The molecule has 2 aliphatic heterocycles. The molecule has 2 aliphatic rings. The number of ether oxygens (including phenoxy) is 2. The van der Waals surface area contributed by atoms with E-state index in [0.29, 0.717) is 23.3 Å². The van der Waals surface area contributed by atoms with Crippen LogP contribution in [0, 0.1) is 13.8 Å². The number of rotatable bonds is 5. The van der Waals surface area contributed by atoms with E-state index in [2.05, 4.69) is 4.99 Å². The van der Waals surface area contributed by atoms with Gasteiger partial charge in [-0.1, -0.05) is 4.99 Å². The zero-order valence-electron chi connectivity index (χ0n) is 18.3. The van der Waals surface area contributed by atoms with Crippen LogP contribution in [0.5, 0.6) is 11.5 Å². The van der Waals surface area contributed by atoms with Crippen molar-refractivity contribution in [3.63, 3.8) is 0 Å². The highest BCUT2D eigenvalue weighted by Crippen LogP contribution is 2.36. The average Bonchev–Trinajstić information content (AvgIpc) is 3.24. The molecular weight excluding hydrogens is 402 g/mol. The molecule has 1 unspecified atom stereocenters. The van der Waals surface area contributed by atoms with E-state index in [1.807, 2.05) is 30.5 Å². The number of carbonyl (C=O) groups is 3. The molecule has 0 saturated carbocycles. The molecule has 4 rings (SSSR count). The second kappa shape index (κ2) is 7.22. The summed E-state index contributed by atoms with van der Waals surface area (Å²) in [6.07, 6.45) is 0. The second-order valence-corrected chi connectivity index (χ2v) is 7.55. The van der Waals surface area contributed by atoms with E-state index >= 15 is 0 Å². The van der Waals surface area contributed by atoms with Crippen molar-refractivity contribution in [1.82, 2.24) is 14.4 Å². The Morgan fingerprint density at radius 1 is 1.19 bits per heavy atom. The van der Waals surface area contributed by atoms with E-state index in [-0.39, 0.29) is 12.3 Å². The van der Waals surface area contributed by atoms with Gasteiger partial charge in [0.25, 0.3) is 5.91 Å². The van der Waals surface area contributed by atoms with Crippen LogP contribution < -0.4 is 14.0 Å². The number of hydrogen-bond donors (Lipinski definition) is 0. The lowest BCUT2D eigenvalue weighted by atomic mass is 10.1. The van der Waals surface area contributed by atoms with Gasteiger partial charge in [-0.05, 0) is 32.9 Å². The van der Waals surface area contributed by atoms with Crippen LogP contribution in [-0.4, -0.2) is 65.7 Å². The van der Waals surface area contributed by atoms with Crippen molar-refractivity contribution in [3.05, 3.63) is 29.6 Å². The lowest BCUT2D eigenvalue weighted by Gasteiger charge is -2.32. The minimum absolute atomic E-state index is 0.271. The summed E-state index contributed by atoms with van der Waals surface area (Å²) in [7, 11) is 4.70. The molecule has 31 heavy (non-hydrogen) atoms. The quantitative estimate of drug-likeness (QED) is 0.675. The Morgan fingerprint density at radius 2 is 1.90 bits per heavy atom. The van der Waals surface area contributed by atoms with Crippen LogP contribution in [0.1, 0.15) is 24.4 Å². The average molecular weight is 426 g/mol. The molecule has 0 spiro atoms. The van der Waals surface area contributed by atoms with Gasteiger partial charge in [-0.25, -0.2) is 9.36 Å². The van der Waals surface area contributed by atoms with E-state index in [0.717, 1.165) is 22.0 Å². The first-order chi connectivity index (χ1) is 14.7. The first kappa shape index (κ1) is 20.6. The van der Waals surface area contributed by atoms with Crippen LogP contribution in [0.4, 0.5) is 10.7 Å². The zero-order chi connectivity index (χ0) is 22.6. The highest BCUT2D eigenvalue weighted by atomic mass is 16.5. The maximum Gasteiger partial charge on any atom is 0.407 e. The standard InChI is InChI=1S/C21H24N5O5/c1-11(27)10-24-19(28)17-18(23(4)21(24)29)22-20-25(12(2)13(3)26(17)20)15-8-7-14(30-5)9-16(15)31-6/h7-9,17H,10H2,1-6H3/q+1. The lowest BCUT2D eigenvalue weighted by Crippen LogP contribution is -2.63. The lowest BCUT2D eigenvalue weighted by molar-refractivity contribution is -0.682. The van der Waals surface area contributed by atoms with E-state index in [9.17, 15) is 14.4 Å². The van der Waals surface area contributed by atoms with Crippen molar-refractivity contribution < 1.29 is 28.4 Å². The fraction of sp³-hybridized carbons (Fsp3) is 0.381. The number of nitrogens with zero attached hydrogens (tertiary/aromatic N) is 5. The third-order valence-corrected chi connectivity index (χ3v) is 5.72. The number of imidazole rings is 1. The molecule has 10 heteroatoms. The molecule has 3 heterocycles. The van der Waals surface area contributed by atoms with Gasteiger partial charge in [0.2, 0.25) is 11.9 Å². The predicted octanol–water partition coefficient (Wildman–Crippen LogP) is 1.47. The van der Waals surface area contributed by atoms with Gasteiger partial charge < -0.3 is 9.47 Å². The highest BCUT2D eigenvalue weighted by molar-refractivity contribution is 6.19.